The van der Waals surface area contributed by atoms with Crippen LogP contribution < -0.4 is 14.8 Å². The van der Waals surface area contributed by atoms with Crippen molar-refractivity contribution in [2.45, 2.75) is 25.8 Å². The largest absolute Gasteiger partial charge is 0.496 e. The summed E-state index contributed by atoms with van der Waals surface area (Å²) in [5.74, 6) is 1.33. The van der Waals surface area contributed by atoms with Crippen molar-refractivity contribution >= 4 is 5.91 Å². The van der Waals surface area contributed by atoms with E-state index in [2.05, 4.69) is 22.4 Å². The first-order chi connectivity index (χ1) is 16.6. The normalized spacial score (nSPS) is 11.6. The molecule has 0 fully saturated rings. The summed E-state index contributed by atoms with van der Waals surface area (Å²) in [4.78, 5) is 17.2. The van der Waals surface area contributed by atoms with E-state index in [4.69, 9.17) is 9.47 Å². The Morgan fingerprint density at radius 2 is 1.62 bits per heavy atom. The third kappa shape index (κ3) is 5.12. The Morgan fingerprint density at radius 1 is 0.941 bits per heavy atom. The van der Waals surface area contributed by atoms with Gasteiger partial charge in [0.05, 0.1) is 32.3 Å². The molecule has 3 aromatic carbocycles. The molecule has 6 nitrogen and oxygen atoms in total. The van der Waals surface area contributed by atoms with Crippen LogP contribution in [0.2, 0.25) is 0 Å². The molecule has 1 heterocycles. The number of hydrogen-bond acceptors (Lipinski definition) is 4. The first-order valence-electron chi connectivity index (χ1n) is 11.3. The molecule has 4 aromatic rings. The Labute approximate surface area is 200 Å². The first-order valence-corrected chi connectivity index (χ1v) is 11.3. The van der Waals surface area contributed by atoms with Gasteiger partial charge in [0.15, 0.2) is 0 Å². The minimum absolute atomic E-state index is 0.0384. The highest BCUT2D eigenvalue weighted by Gasteiger charge is 2.17. The van der Waals surface area contributed by atoms with Crippen molar-refractivity contribution in [1.82, 2.24) is 14.9 Å². The van der Waals surface area contributed by atoms with Gasteiger partial charge >= 0.3 is 0 Å². The second kappa shape index (κ2) is 10.7. The molecule has 0 unspecified atom stereocenters. The van der Waals surface area contributed by atoms with Crippen molar-refractivity contribution in [3.63, 3.8) is 0 Å². The van der Waals surface area contributed by atoms with Crippen LogP contribution in [-0.2, 0) is 6.42 Å². The molecule has 0 spiro atoms. The number of methoxy groups -OCH3 is 2. The van der Waals surface area contributed by atoms with Crippen LogP contribution in [-0.4, -0.2) is 35.7 Å². The van der Waals surface area contributed by atoms with Gasteiger partial charge in [-0.1, -0.05) is 48.5 Å². The van der Waals surface area contributed by atoms with Crippen LogP contribution in [0.5, 0.6) is 11.5 Å². The fraction of sp³-hybridized carbons (Fsp3) is 0.214. The molecule has 0 saturated heterocycles. The van der Waals surface area contributed by atoms with Crippen LogP contribution in [0.3, 0.4) is 0 Å². The summed E-state index contributed by atoms with van der Waals surface area (Å²) in [6.45, 7) is 2.02. The van der Waals surface area contributed by atoms with Gasteiger partial charge in [-0.2, -0.15) is 0 Å². The third-order valence-corrected chi connectivity index (χ3v) is 5.82. The van der Waals surface area contributed by atoms with E-state index in [1.54, 1.807) is 31.3 Å². The zero-order valence-electron chi connectivity index (χ0n) is 19.7. The van der Waals surface area contributed by atoms with Gasteiger partial charge in [-0.15, -0.1) is 0 Å². The van der Waals surface area contributed by atoms with Crippen molar-refractivity contribution in [3.8, 4) is 28.3 Å². The lowest BCUT2D eigenvalue weighted by Crippen LogP contribution is -2.34. The average Bonchev–Trinajstić information content (AvgIpc) is 3.38. The summed E-state index contributed by atoms with van der Waals surface area (Å²) in [6, 6.07) is 23.9. The predicted molar refractivity (Wildman–Crippen MR) is 134 cm³/mol. The van der Waals surface area contributed by atoms with Crippen molar-refractivity contribution in [2.24, 2.45) is 0 Å². The number of benzene rings is 3. The minimum atomic E-state index is -0.145. The van der Waals surface area contributed by atoms with Crippen LogP contribution in [0.15, 0.2) is 85.3 Å². The van der Waals surface area contributed by atoms with E-state index in [0.29, 0.717) is 5.69 Å². The Kier molecular flexibility index (Phi) is 7.28. The van der Waals surface area contributed by atoms with E-state index >= 15 is 0 Å². The monoisotopic (exact) mass is 455 g/mol. The SMILES string of the molecule is COc1cccc(OC)c1-c1ccc(-n2cncc2C(=O)N[C@H](C)CCc2ccccc2)cc1. The summed E-state index contributed by atoms with van der Waals surface area (Å²) in [6.07, 6.45) is 5.02. The number of aryl methyl sites for hydroxylation is 1. The van der Waals surface area contributed by atoms with Gasteiger partial charge in [0, 0.05) is 11.7 Å². The smallest absolute Gasteiger partial charge is 0.270 e. The van der Waals surface area contributed by atoms with Gasteiger partial charge in [0.25, 0.3) is 5.91 Å². The zero-order valence-corrected chi connectivity index (χ0v) is 19.7. The standard InChI is InChI=1S/C28H29N3O3/c1-20(12-13-21-8-5-4-6-9-21)30-28(32)24-18-29-19-31(24)23-16-14-22(15-17-23)27-25(33-2)10-7-11-26(27)34-3/h4-11,14-20H,12-13H2,1-3H3,(H,30,32)/t20-/m1/s1. The molecule has 0 aliphatic carbocycles. The van der Waals surface area contributed by atoms with Crippen molar-refractivity contribution in [2.75, 3.05) is 14.2 Å². The molecule has 1 N–H and O–H groups in total. The number of carbonyl (C=O) groups excluding carboxylic acids is 1. The molecule has 0 radical (unpaired) electrons. The maximum absolute atomic E-state index is 13.0. The molecule has 1 atom stereocenters. The maximum Gasteiger partial charge on any atom is 0.270 e. The van der Waals surface area contributed by atoms with Crippen LogP contribution in [0, 0.1) is 0 Å². The van der Waals surface area contributed by atoms with Gasteiger partial charge < -0.3 is 14.8 Å². The fourth-order valence-electron chi connectivity index (χ4n) is 3.99. The van der Waals surface area contributed by atoms with Gasteiger partial charge in [0.1, 0.15) is 17.2 Å². The molecule has 0 saturated carbocycles. The molecular formula is C28H29N3O3. The third-order valence-electron chi connectivity index (χ3n) is 5.82. The van der Waals surface area contributed by atoms with E-state index in [1.165, 1.54) is 5.56 Å². The van der Waals surface area contributed by atoms with Crippen molar-refractivity contribution < 1.29 is 14.3 Å². The first kappa shape index (κ1) is 23.1. The molecule has 0 bridgehead atoms. The number of rotatable bonds is 9. The summed E-state index contributed by atoms with van der Waals surface area (Å²) >= 11 is 0. The molecular weight excluding hydrogens is 426 g/mol. The number of hydrogen-bond donors (Lipinski definition) is 1. The molecule has 174 valence electrons. The molecule has 0 aliphatic rings. The Morgan fingerprint density at radius 3 is 2.26 bits per heavy atom. The lowest BCUT2D eigenvalue weighted by Gasteiger charge is -2.16. The number of amides is 1. The Hall–Kier alpha value is -4.06. The number of nitrogens with one attached hydrogen (secondary N) is 1. The second-order valence-corrected chi connectivity index (χ2v) is 8.13. The van der Waals surface area contributed by atoms with Gasteiger partial charge in [0.2, 0.25) is 0 Å². The molecule has 6 heteroatoms. The quantitative estimate of drug-likeness (QED) is 0.372. The maximum atomic E-state index is 13.0. The van der Waals surface area contributed by atoms with E-state index in [-0.39, 0.29) is 11.9 Å². The van der Waals surface area contributed by atoms with Crippen LogP contribution in [0.25, 0.3) is 16.8 Å². The van der Waals surface area contributed by atoms with E-state index < -0.39 is 0 Å². The summed E-state index contributed by atoms with van der Waals surface area (Å²) in [5.41, 5.74) is 4.44. The number of nitrogens with zero attached hydrogens (tertiary/aromatic N) is 2. The highest BCUT2D eigenvalue weighted by molar-refractivity contribution is 5.93. The number of carbonyl (C=O) groups is 1. The lowest BCUT2D eigenvalue weighted by atomic mass is 10.0. The molecule has 34 heavy (non-hydrogen) atoms. The van der Waals surface area contributed by atoms with E-state index in [9.17, 15) is 4.79 Å². The minimum Gasteiger partial charge on any atom is -0.496 e. The van der Waals surface area contributed by atoms with Crippen molar-refractivity contribution in [1.29, 1.82) is 0 Å². The Bertz CT molecular complexity index is 1210. The van der Waals surface area contributed by atoms with Crippen LogP contribution in [0.4, 0.5) is 0 Å². The molecule has 4 rings (SSSR count). The lowest BCUT2D eigenvalue weighted by molar-refractivity contribution is 0.0931. The van der Waals surface area contributed by atoms with Gasteiger partial charge in [-0.05, 0) is 55.2 Å². The second-order valence-electron chi connectivity index (χ2n) is 8.13. The summed E-state index contributed by atoms with van der Waals surface area (Å²) < 4.78 is 12.9. The molecule has 0 aliphatic heterocycles. The highest BCUT2D eigenvalue weighted by Crippen LogP contribution is 2.38. The number of aromatic nitrogens is 2. The topological polar surface area (TPSA) is 65.4 Å². The fourth-order valence-corrected chi connectivity index (χ4v) is 3.99. The van der Waals surface area contributed by atoms with Crippen LogP contribution in [0.1, 0.15) is 29.4 Å². The Balaban J connectivity index is 1.49. The van der Waals surface area contributed by atoms with Gasteiger partial charge in [-0.3, -0.25) is 9.36 Å². The van der Waals surface area contributed by atoms with Crippen molar-refractivity contribution in [3.05, 3.63) is 96.6 Å². The summed E-state index contributed by atoms with van der Waals surface area (Å²) in [7, 11) is 3.29. The van der Waals surface area contributed by atoms with Gasteiger partial charge in [-0.25, -0.2) is 4.98 Å². The predicted octanol–water partition coefficient (Wildman–Crippen LogP) is 5.31. The van der Waals surface area contributed by atoms with E-state index in [0.717, 1.165) is 41.2 Å². The molecule has 1 aromatic heterocycles. The van der Waals surface area contributed by atoms with E-state index in [1.807, 2.05) is 67.6 Å². The zero-order chi connectivity index (χ0) is 23.9. The highest BCUT2D eigenvalue weighted by atomic mass is 16.5. The molecule has 1 amide bonds. The summed E-state index contributed by atoms with van der Waals surface area (Å²) in [5, 5.41) is 3.10. The van der Waals surface area contributed by atoms with Crippen LogP contribution >= 0.6 is 0 Å². The number of ether oxygens (including phenoxy) is 2. The average molecular weight is 456 g/mol. The number of imidazole rings is 1.